The van der Waals surface area contributed by atoms with Crippen LogP contribution in [0.25, 0.3) is 33.5 Å². The summed E-state index contributed by atoms with van der Waals surface area (Å²) in [7, 11) is 0. The number of aromatic nitrogens is 4. The van der Waals surface area contributed by atoms with Crippen molar-refractivity contribution >= 4 is 27.6 Å². The fourth-order valence-electron chi connectivity index (χ4n) is 5.23. The summed E-state index contributed by atoms with van der Waals surface area (Å²) in [5.74, 6) is 1.15. The van der Waals surface area contributed by atoms with Crippen LogP contribution in [0.5, 0.6) is 0 Å². The molecule has 2 unspecified atom stereocenters. The molecule has 2 aromatic carbocycles. The summed E-state index contributed by atoms with van der Waals surface area (Å²) in [5.41, 5.74) is 4.58. The van der Waals surface area contributed by atoms with E-state index in [-0.39, 0.29) is 5.82 Å². The lowest BCUT2D eigenvalue weighted by Gasteiger charge is -2.40. The molecule has 4 aromatic rings. The number of rotatable bonds is 3. The average molecular weight is 404 g/mol. The molecule has 6 rings (SSSR count). The molecule has 0 spiro atoms. The number of aromatic amines is 2. The maximum absolute atomic E-state index is 13.5. The van der Waals surface area contributed by atoms with Crippen molar-refractivity contribution in [2.75, 3.05) is 24.5 Å². The number of H-pyrrole nitrogens is 2. The molecule has 4 heterocycles. The first-order valence-corrected chi connectivity index (χ1v) is 10.9. The van der Waals surface area contributed by atoms with Gasteiger partial charge in [-0.1, -0.05) is 0 Å². The zero-order valence-electron chi connectivity index (χ0n) is 16.8. The molecule has 0 saturated carbocycles. The molecule has 0 radical (unpaired) electrons. The number of fused-ring (bicyclic) bond motifs is 2. The van der Waals surface area contributed by atoms with Gasteiger partial charge in [0.25, 0.3) is 0 Å². The van der Waals surface area contributed by atoms with Gasteiger partial charge in [-0.05, 0) is 81.1 Å². The van der Waals surface area contributed by atoms with Gasteiger partial charge in [0, 0.05) is 23.7 Å². The number of halogens is 1. The lowest BCUT2D eigenvalue weighted by molar-refractivity contribution is 0.355. The van der Waals surface area contributed by atoms with E-state index in [1.165, 1.54) is 43.5 Å². The second-order valence-corrected chi connectivity index (χ2v) is 8.56. The van der Waals surface area contributed by atoms with Crippen LogP contribution in [0.1, 0.15) is 25.7 Å². The monoisotopic (exact) mass is 404 g/mol. The van der Waals surface area contributed by atoms with Crippen molar-refractivity contribution in [3.8, 4) is 11.5 Å². The Hall–Kier alpha value is -2.93. The van der Waals surface area contributed by atoms with Gasteiger partial charge in [0.1, 0.15) is 11.5 Å². The van der Waals surface area contributed by atoms with Gasteiger partial charge in [-0.15, -0.1) is 0 Å². The third-order valence-corrected chi connectivity index (χ3v) is 6.74. The lowest BCUT2D eigenvalue weighted by Crippen LogP contribution is -2.45. The molecule has 0 aliphatic carbocycles. The SMILES string of the molecule is Fc1ccc2c(-c3nc4cc(N5CCCCC5C5CCNC5)ccc4[nH]3)n[nH]c2c1. The summed E-state index contributed by atoms with van der Waals surface area (Å²) in [4.78, 5) is 10.8. The zero-order valence-corrected chi connectivity index (χ0v) is 16.8. The number of nitrogens with zero attached hydrogens (tertiary/aromatic N) is 3. The van der Waals surface area contributed by atoms with Crippen LogP contribution in [0, 0.1) is 11.7 Å². The van der Waals surface area contributed by atoms with Gasteiger partial charge in [0.05, 0.1) is 16.6 Å². The van der Waals surface area contributed by atoms with Crippen LogP contribution in [0.3, 0.4) is 0 Å². The Morgan fingerprint density at radius 3 is 2.90 bits per heavy atom. The van der Waals surface area contributed by atoms with E-state index in [4.69, 9.17) is 4.98 Å². The number of hydrogen-bond donors (Lipinski definition) is 3. The van der Waals surface area contributed by atoms with Crippen molar-refractivity contribution in [3.05, 3.63) is 42.2 Å². The van der Waals surface area contributed by atoms with Crippen molar-refractivity contribution in [2.24, 2.45) is 5.92 Å². The smallest absolute Gasteiger partial charge is 0.159 e. The molecule has 30 heavy (non-hydrogen) atoms. The largest absolute Gasteiger partial charge is 0.368 e. The fourth-order valence-corrected chi connectivity index (χ4v) is 5.23. The topological polar surface area (TPSA) is 72.6 Å². The Bertz CT molecular complexity index is 1210. The molecule has 2 saturated heterocycles. The number of piperidine rings is 1. The first-order chi connectivity index (χ1) is 14.8. The Balaban J connectivity index is 1.37. The van der Waals surface area contributed by atoms with E-state index < -0.39 is 0 Å². The Morgan fingerprint density at radius 1 is 1.03 bits per heavy atom. The molecule has 0 bridgehead atoms. The number of benzene rings is 2. The highest BCUT2D eigenvalue weighted by Crippen LogP contribution is 2.33. The minimum absolute atomic E-state index is 0.277. The van der Waals surface area contributed by atoms with Crippen molar-refractivity contribution in [3.63, 3.8) is 0 Å². The summed E-state index contributed by atoms with van der Waals surface area (Å²) in [6.45, 7) is 3.38. The second-order valence-electron chi connectivity index (χ2n) is 8.56. The molecule has 6 nitrogen and oxygen atoms in total. The van der Waals surface area contributed by atoms with Gasteiger partial charge in [-0.2, -0.15) is 5.10 Å². The highest BCUT2D eigenvalue weighted by molar-refractivity contribution is 5.93. The molecule has 2 aliphatic heterocycles. The highest BCUT2D eigenvalue weighted by Gasteiger charge is 2.32. The number of hydrogen-bond acceptors (Lipinski definition) is 4. The number of nitrogens with one attached hydrogen (secondary N) is 3. The molecule has 3 N–H and O–H groups in total. The summed E-state index contributed by atoms with van der Waals surface area (Å²) in [5, 5.41) is 11.7. The number of anilines is 1. The molecule has 154 valence electrons. The third kappa shape index (κ3) is 2.96. The van der Waals surface area contributed by atoms with Crippen LogP contribution >= 0.6 is 0 Å². The third-order valence-electron chi connectivity index (χ3n) is 6.74. The van der Waals surface area contributed by atoms with Gasteiger partial charge in [0.15, 0.2) is 5.82 Å². The van der Waals surface area contributed by atoms with E-state index in [0.717, 1.165) is 47.7 Å². The highest BCUT2D eigenvalue weighted by atomic mass is 19.1. The van der Waals surface area contributed by atoms with Crippen LogP contribution in [0.4, 0.5) is 10.1 Å². The predicted molar refractivity (Wildman–Crippen MR) is 117 cm³/mol. The van der Waals surface area contributed by atoms with Gasteiger partial charge >= 0.3 is 0 Å². The summed E-state index contributed by atoms with van der Waals surface area (Å²) >= 11 is 0. The summed E-state index contributed by atoms with van der Waals surface area (Å²) < 4.78 is 13.5. The molecule has 2 atom stereocenters. The van der Waals surface area contributed by atoms with Gasteiger partial charge in [0.2, 0.25) is 0 Å². The molecular formula is C23H25FN6. The lowest BCUT2D eigenvalue weighted by atomic mass is 9.89. The van der Waals surface area contributed by atoms with E-state index in [1.807, 2.05) is 0 Å². The first kappa shape index (κ1) is 17.9. The maximum atomic E-state index is 13.5. The summed E-state index contributed by atoms with van der Waals surface area (Å²) in [6.07, 6.45) is 5.10. The van der Waals surface area contributed by atoms with Crippen LogP contribution < -0.4 is 10.2 Å². The summed E-state index contributed by atoms with van der Waals surface area (Å²) in [6, 6.07) is 11.8. The Labute approximate surface area is 173 Å². The van der Waals surface area contributed by atoms with Gasteiger partial charge in [-0.25, -0.2) is 9.37 Å². The van der Waals surface area contributed by atoms with Crippen molar-refractivity contribution in [2.45, 2.75) is 31.7 Å². The van der Waals surface area contributed by atoms with E-state index in [1.54, 1.807) is 6.07 Å². The minimum atomic E-state index is -0.277. The van der Waals surface area contributed by atoms with Gasteiger partial charge < -0.3 is 15.2 Å². The first-order valence-electron chi connectivity index (χ1n) is 10.9. The van der Waals surface area contributed by atoms with Crippen LogP contribution in [-0.4, -0.2) is 45.8 Å². The molecule has 2 aromatic heterocycles. The molecule has 2 aliphatic rings. The number of imidazole rings is 1. The molecule has 2 fully saturated rings. The standard InChI is InChI=1S/C23H25FN6/c24-15-4-6-17-19(11-15)28-29-22(17)23-26-18-7-5-16(12-20(18)27-23)30-10-2-1-3-21(30)14-8-9-25-13-14/h4-7,11-12,14,21,25H,1-3,8-10,13H2,(H,26,27)(H,28,29). The van der Waals surface area contributed by atoms with Crippen LogP contribution in [-0.2, 0) is 0 Å². The van der Waals surface area contributed by atoms with Gasteiger partial charge in [-0.3, -0.25) is 5.10 Å². The normalized spacial score (nSPS) is 22.4. The Morgan fingerprint density at radius 2 is 2.00 bits per heavy atom. The van der Waals surface area contributed by atoms with E-state index in [0.29, 0.717) is 17.4 Å². The van der Waals surface area contributed by atoms with Crippen molar-refractivity contribution in [1.82, 2.24) is 25.5 Å². The van der Waals surface area contributed by atoms with Crippen LogP contribution in [0.15, 0.2) is 36.4 Å². The average Bonchev–Trinajstić information content (AvgIpc) is 3.51. The molecule has 7 heteroatoms. The Kier molecular flexibility index (Phi) is 4.23. The fraction of sp³-hybridized carbons (Fsp3) is 0.391. The molecule has 0 amide bonds. The van der Waals surface area contributed by atoms with E-state index in [9.17, 15) is 4.39 Å². The van der Waals surface area contributed by atoms with Crippen molar-refractivity contribution in [1.29, 1.82) is 0 Å². The quantitative estimate of drug-likeness (QED) is 0.478. The van der Waals surface area contributed by atoms with Crippen LogP contribution in [0.2, 0.25) is 0 Å². The van der Waals surface area contributed by atoms with Crippen molar-refractivity contribution < 1.29 is 4.39 Å². The second kappa shape index (κ2) is 7.09. The van der Waals surface area contributed by atoms with E-state index in [2.05, 4.69) is 43.6 Å². The predicted octanol–water partition coefficient (Wildman–Crippen LogP) is 4.21. The minimum Gasteiger partial charge on any atom is -0.368 e. The molecular weight excluding hydrogens is 379 g/mol. The zero-order chi connectivity index (χ0) is 20.1. The maximum Gasteiger partial charge on any atom is 0.159 e. The van der Waals surface area contributed by atoms with E-state index >= 15 is 0 Å².